The number of halogens is 1. The summed E-state index contributed by atoms with van der Waals surface area (Å²) in [6.45, 7) is 0.659. The Hall–Kier alpha value is -2.90. The van der Waals surface area contributed by atoms with E-state index in [-0.39, 0.29) is 29.7 Å². The Morgan fingerprint density at radius 3 is 3.04 bits per heavy atom. The summed E-state index contributed by atoms with van der Waals surface area (Å²) in [5, 5.41) is 2.22. The summed E-state index contributed by atoms with van der Waals surface area (Å²) in [5.41, 5.74) is 1.01. The van der Waals surface area contributed by atoms with Gasteiger partial charge in [-0.1, -0.05) is 0 Å². The van der Waals surface area contributed by atoms with Crippen LogP contribution in [0.2, 0.25) is 0 Å². The van der Waals surface area contributed by atoms with E-state index in [1.165, 1.54) is 18.2 Å². The predicted molar refractivity (Wildman–Crippen MR) is 92.0 cm³/mol. The lowest BCUT2D eigenvalue weighted by atomic mass is 10.0. The molecule has 8 heteroatoms. The zero-order valence-corrected chi connectivity index (χ0v) is 14.1. The van der Waals surface area contributed by atoms with Gasteiger partial charge in [0, 0.05) is 25.5 Å². The molecule has 136 valence electrons. The maximum Gasteiger partial charge on any atom is 0.280 e. The number of hydrogen-bond acceptors (Lipinski definition) is 4. The smallest absolute Gasteiger partial charge is 0.280 e. The number of H-pyrrole nitrogens is 2. The summed E-state index contributed by atoms with van der Waals surface area (Å²) in [7, 11) is 0. The van der Waals surface area contributed by atoms with E-state index in [2.05, 4.69) is 15.1 Å². The van der Waals surface area contributed by atoms with Crippen LogP contribution >= 0.6 is 0 Å². The average Bonchev–Trinajstić information content (AvgIpc) is 3.25. The van der Waals surface area contributed by atoms with E-state index in [0.29, 0.717) is 35.6 Å². The zero-order chi connectivity index (χ0) is 18.1. The molecule has 4 rings (SSSR count). The van der Waals surface area contributed by atoms with E-state index in [4.69, 9.17) is 4.52 Å². The third-order valence-corrected chi connectivity index (χ3v) is 4.76. The molecule has 7 nitrogen and oxygen atoms in total. The molecule has 1 fully saturated rings. The third-order valence-electron chi connectivity index (χ3n) is 4.76. The first-order chi connectivity index (χ1) is 12.6. The standard InChI is InChI=1S/C18H19FN4O3/c19-11-4-6-13-14(9-11)21-18(20-13)15-3-1-2-8-23(15)17(25)7-5-12-10-16(24)22-26-12/h4,6,9-10,15H,1-3,5,7-8H2,(H,20,21)(H,22,24)/t15-/m0/s1. The van der Waals surface area contributed by atoms with Crippen molar-refractivity contribution in [3.05, 3.63) is 52.0 Å². The molecule has 0 bridgehead atoms. The number of amides is 1. The van der Waals surface area contributed by atoms with Crippen molar-refractivity contribution in [1.82, 2.24) is 20.0 Å². The minimum atomic E-state index is -0.322. The van der Waals surface area contributed by atoms with E-state index in [9.17, 15) is 14.0 Å². The van der Waals surface area contributed by atoms with Crippen molar-refractivity contribution in [3.8, 4) is 0 Å². The van der Waals surface area contributed by atoms with Crippen LogP contribution in [0.15, 0.2) is 33.6 Å². The van der Waals surface area contributed by atoms with Crippen molar-refractivity contribution in [2.45, 2.75) is 38.1 Å². The number of carbonyl (C=O) groups is 1. The van der Waals surface area contributed by atoms with Crippen LogP contribution in [0.4, 0.5) is 4.39 Å². The normalized spacial score (nSPS) is 17.7. The average molecular weight is 358 g/mol. The lowest BCUT2D eigenvalue weighted by Gasteiger charge is -2.34. The molecule has 0 spiro atoms. The summed E-state index contributed by atoms with van der Waals surface area (Å²) in [6.07, 6.45) is 3.38. The van der Waals surface area contributed by atoms with Crippen LogP contribution in [0, 0.1) is 5.82 Å². The third kappa shape index (κ3) is 3.26. The number of aromatic amines is 2. The molecule has 1 saturated heterocycles. The number of benzene rings is 1. The first kappa shape index (κ1) is 16.6. The Bertz CT molecular complexity index is 990. The van der Waals surface area contributed by atoms with Gasteiger partial charge < -0.3 is 14.4 Å². The maximum atomic E-state index is 13.4. The van der Waals surface area contributed by atoms with Crippen molar-refractivity contribution in [1.29, 1.82) is 0 Å². The van der Waals surface area contributed by atoms with Gasteiger partial charge >= 0.3 is 0 Å². The van der Waals surface area contributed by atoms with Crippen LogP contribution in [-0.2, 0) is 11.2 Å². The van der Waals surface area contributed by atoms with E-state index in [1.54, 1.807) is 6.07 Å². The quantitative estimate of drug-likeness (QED) is 0.750. The molecule has 1 aliphatic rings. The second kappa shape index (κ2) is 6.78. The zero-order valence-electron chi connectivity index (χ0n) is 14.1. The highest BCUT2D eigenvalue weighted by Crippen LogP contribution is 2.31. The molecule has 2 N–H and O–H groups in total. The molecule has 0 unspecified atom stereocenters. The van der Waals surface area contributed by atoms with Gasteiger partial charge in [0.25, 0.3) is 5.56 Å². The minimum absolute atomic E-state index is 0.00909. The molecule has 2 aromatic heterocycles. The summed E-state index contributed by atoms with van der Waals surface area (Å²) in [5.74, 6) is 0.824. The van der Waals surface area contributed by atoms with Crippen molar-refractivity contribution in [2.24, 2.45) is 0 Å². The monoisotopic (exact) mass is 358 g/mol. The van der Waals surface area contributed by atoms with Crippen LogP contribution in [0.3, 0.4) is 0 Å². The van der Waals surface area contributed by atoms with Gasteiger partial charge in [-0.2, -0.15) is 5.16 Å². The van der Waals surface area contributed by atoms with Crippen molar-refractivity contribution in [2.75, 3.05) is 6.54 Å². The molecule has 3 aromatic rings. The Labute approximate surface area is 148 Å². The number of nitrogens with one attached hydrogen (secondary N) is 2. The van der Waals surface area contributed by atoms with E-state index in [0.717, 1.165) is 19.3 Å². The molecular formula is C18H19FN4O3. The number of piperidine rings is 1. The SMILES string of the molecule is O=C(CCc1cc(=O)[nH]o1)N1CCCC[C@H]1c1nc2ccc(F)cc2[nH]1. The number of nitrogens with zero attached hydrogens (tertiary/aromatic N) is 2. The number of likely N-dealkylation sites (tertiary alicyclic amines) is 1. The molecule has 26 heavy (non-hydrogen) atoms. The summed E-state index contributed by atoms with van der Waals surface area (Å²) in [6, 6.07) is 5.63. The number of imidazole rings is 1. The number of aryl methyl sites for hydroxylation is 1. The van der Waals surface area contributed by atoms with Crippen LogP contribution in [-0.4, -0.2) is 32.5 Å². The van der Waals surface area contributed by atoms with Crippen LogP contribution in [0.1, 0.15) is 43.3 Å². The number of carbonyl (C=O) groups excluding carboxylic acids is 1. The van der Waals surface area contributed by atoms with Gasteiger partial charge in [-0.25, -0.2) is 9.37 Å². The Balaban J connectivity index is 1.53. The molecule has 0 radical (unpaired) electrons. The van der Waals surface area contributed by atoms with Gasteiger partial charge in [0.2, 0.25) is 5.91 Å². The van der Waals surface area contributed by atoms with Crippen molar-refractivity contribution < 1.29 is 13.7 Å². The van der Waals surface area contributed by atoms with Gasteiger partial charge in [0.1, 0.15) is 17.4 Å². The van der Waals surface area contributed by atoms with E-state index in [1.807, 2.05) is 4.90 Å². The lowest BCUT2D eigenvalue weighted by Crippen LogP contribution is -2.39. The summed E-state index contributed by atoms with van der Waals surface area (Å²) in [4.78, 5) is 33.4. The fourth-order valence-electron chi connectivity index (χ4n) is 3.49. The van der Waals surface area contributed by atoms with Gasteiger partial charge in [-0.15, -0.1) is 0 Å². The summed E-state index contributed by atoms with van der Waals surface area (Å²) < 4.78 is 18.4. The molecule has 1 aliphatic heterocycles. The van der Waals surface area contributed by atoms with E-state index >= 15 is 0 Å². The molecule has 0 saturated carbocycles. The number of rotatable bonds is 4. The van der Waals surface area contributed by atoms with Gasteiger partial charge in [-0.3, -0.25) is 9.59 Å². The fourth-order valence-corrected chi connectivity index (χ4v) is 3.49. The highest BCUT2D eigenvalue weighted by Gasteiger charge is 2.30. The molecule has 1 atom stereocenters. The van der Waals surface area contributed by atoms with Gasteiger partial charge in [-0.05, 0) is 37.5 Å². The van der Waals surface area contributed by atoms with Gasteiger partial charge in [0.05, 0.1) is 17.1 Å². The Morgan fingerprint density at radius 2 is 2.23 bits per heavy atom. The lowest BCUT2D eigenvalue weighted by molar-refractivity contribution is -0.135. The molecule has 1 aromatic carbocycles. The van der Waals surface area contributed by atoms with E-state index < -0.39 is 0 Å². The molecule has 0 aliphatic carbocycles. The minimum Gasteiger partial charge on any atom is -0.384 e. The van der Waals surface area contributed by atoms with Crippen LogP contribution in [0.5, 0.6) is 0 Å². The molecular weight excluding hydrogens is 339 g/mol. The highest BCUT2D eigenvalue weighted by atomic mass is 19.1. The largest absolute Gasteiger partial charge is 0.384 e. The second-order valence-electron chi connectivity index (χ2n) is 6.56. The molecule has 3 heterocycles. The highest BCUT2D eigenvalue weighted by molar-refractivity contribution is 5.78. The summed E-state index contributed by atoms with van der Waals surface area (Å²) >= 11 is 0. The second-order valence-corrected chi connectivity index (χ2v) is 6.56. The topological polar surface area (TPSA) is 95.0 Å². The van der Waals surface area contributed by atoms with Crippen LogP contribution < -0.4 is 5.56 Å². The first-order valence-electron chi connectivity index (χ1n) is 8.72. The Kier molecular flexibility index (Phi) is 4.32. The van der Waals surface area contributed by atoms with Gasteiger partial charge in [0.15, 0.2) is 0 Å². The number of fused-ring (bicyclic) bond motifs is 1. The first-order valence-corrected chi connectivity index (χ1v) is 8.72. The molecule has 1 amide bonds. The Morgan fingerprint density at radius 1 is 1.35 bits per heavy atom. The number of aromatic nitrogens is 3. The van der Waals surface area contributed by atoms with Crippen LogP contribution in [0.25, 0.3) is 11.0 Å². The van der Waals surface area contributed by atoms with Crippen molar-refractivity contribution in [3.63, 3.8) is 0 Å². The predicted octanol–water partition coefficient (Wildman–Crippen LogP) is 2.67. The maximum absolute atomic E-state index is 13.4. The fraction of sp³-hybridized carbons (Fsp3) is 0.389. The van der Waals surface area contributed by atoms with Crippen molar-refractivity contribution >= 4 is 16.9 Å². The number of hydrogen-bond donors (Lipinski definition) is 2.